The van der Waals surface area contributed by atoms with Crippen LogP contribution in [0.3, 0.4) is 0 Å². The summed E-state index contributed by atoms with van der Waals surface area (Å²) in [4.78, 5) is 0. The molecule has 2 heteroatoms. The second-order valence-electron chi connectivity index (χ2n) is 4.73. The fourth-order valence-electron chi connectivity index (χ4n) is 2.39. The van der Waals surface area contributed by atoms with Crippen LogP contribution in [0.2, 0.25) is 0 Å². The molecule has 0 aromatic carbocycles. The number of nitrogens with two attached hydrogens (primary N) is 1. The predicted octanol–water partition coefficient (Wildman–Crippen LogP) is 1.93. The van der Waals surface area contributed by atoms with Crippen molar-refractivity contribution >= 4 is 0 Å². The molecule has 0 amide bonds. The molecule has 0 saturated heterocycles. The van der Waals surface area contributed by atoms with Crippen molar-refractivity contribution in [2.75, 3.05) is 7.11 Å². The summed E-state index contributed by atoms with van der Waals surface area (Å²) < 4.78 is 5.48. The van der Waals surface area contributed by atoms with Crippen LogP contribution in [0, 0.1) is 11.8 Å². The molecule has 2 aliphatic carbocycles. The highest BCUT2D eigenvalue weighted by molar-refractivity contribution is 4.90. The maximum atomic E-state index is 6.15. The Balaban J connectivity index is 1.75. The van der Waals surface area contributed by atoms with Crippen molar-refractivity contribution in [2.24, 2.45) is 17.6 Å². The highest BCUT2D eigenvalue weighted by Crippen LogP contribution is 2.38. The van der Waals surface area contributed by atoms with Crippen LogP contribution in [-0.4, -0.2) is 19.3 Å². The van der Waals surface area contributed by atoms with Gasteiger partial charge >= 0.3 is 0 Å². The highest BCUT2D eigenvalue weighted by Gasteiger charge is 2.36. The third-order valence-corrected chi connectivity index (χ3v) is 3.61. The average molecular weight is 183 g/mol. The first-order chi connectivity index (χ1) is 6.31. The lowest BCUT2D eigenvalue weighted by atomic mass is 9.79. The summed E-state index contributed by atoms with van der Waals surface area (Å²) in [7, 11) is 1.81. The molecule has 0 radical (unpaired) electrons. The zero-order chi connectivity index (χ0) is 9.26. The number of methoxy groups -OCH3 is 1. The molecule has 2 aliphatic rings. The molecule has 2 fully saturated rings. The van der Waals surface area contributed by atoms with E-state index in [0.717, 1.165) is 11.8 Å². The molecular weight excluding hydrogens is 162 g/mol. The van der Waals surface area contributed by atoms with Crippen molar-refractivity contribution in [2.45, 2.75) is 50.7 Å². The molecule has 2 unspecified atom stereocenters. The van der Waals surface area contributed by atoms with Gasteiger partial charge in [0, 0.05) is 13.2 Å². The largest absolute Gasteiger partial charge is 0.380 e. The number of ether oxygens (including phenoxy) is 1. The van der Waals surface area contributed by atoms with Crippen LogP contribution in [-0.2, 0) is 4.74 Å². The third-order valence-electron chi connectivity index (χ3n) is 3.61. The lowest BCUT2D eigenvalue weighted by Crippen LogP contribution is -2.40. The predicted molar refractivity (Wildman–Crippen MR) is 53.5 cm³/mol. The van der Waals surface area contributed by atoms with Gasteiger partial charge in [0.1, 0.15) is 0 Å². The monoisotopic (exact) mass is 183 g/mol. The standard InChI is InChI=1S/C11H21NO/c1-13-11(9-5-6-9)10(12)7-8-3-2-4-8/h8-11H,2-7,12H2,1H3. The molecule has 2 saturated carbocycles. The summed E-state index contributed by atoms with van der Waals surface area (Å²) in [6.45, 7) is 0. The first-order valence-corrected chi connectivity index (χ1v) is 5.59. The first kappa shape index (κ1) is 9.47. The van der Waals surface area contributed by atoms with Crippen molar-refractivity contribution in [1.29, 1.82) is 0 Å². The summed E-state index contributed by atoms with van der Waals surface area (Å²) in [5.74, 6) is 1.69. The van der Waals surface area contributed by atoms with Gasteiger partial charge in [-0.1, -0.05) is 19.3 Å². The third kappa shape index (κ3) is 2.23. The quantitative estimate of drug-likeness (QED) is 0.707. The minimum absolute atomic E-state index is 0.294. The van der Waals surface area contributed by atoms with Gasteiger partial charge in [-0.2, -0.15) is 0 Å². The molecule has 0 aromatic rings. The molecule has 2 nitrogen and oxygen atoms in total. The number of hydrogen-bond donors (Lipinski definition) is 1. The van der Waals surface area contributed by atoms with Crippen LogP contribution in [0.1, 0.15) is 38.5 Å². The Morgan fingerprint density at radius 1 is 1.31 bits per heavy atom. The topological polar surface area (TPSA) is 35.2 Å². The van der Waals surface area contributed by atoms with Crippen LogP contribution in [0.15, 0.2) is 0 Å². The zero-order valence-electron chi connectivity index (χ0n) is 8.54. The maximum Gasteiger partial charge on any atom is 0.0750 e. The van der Waals surface area contributed by atoms with Gasteiger partial charge in [0.25, 0.3) is 0 Å². The van der Waals surface area contributed by atoms with E-state index in [1.54, 1.807) is 0 Å². The van der Waals surface area contributed by atoms with Gasteiger partial charge < -0.3 is 10.5 Å². The van der Waals surface area contributed by atoms with Crippen LogP contribution in [0.5, 0.6) is 0 Å². The van der Waals surface area contributed by atoms with E-state index in [1.165, 1.54) is 38.5 Å². The van der Waals surface area contributed by atoms with E-state index in [-0.39, 0.29) is 0 Å². The molecule has 76 valence electrons. The van der Waals surface area contributed by atoms with Crippen molar-refractivity contribution < 1.29 is 4.74 Å². The van der Waals surface area contributed by atoms with E-state index < -0.39 is 0 Å². The van der Waals surface area contributed by atoms with E-state index in [2.05, 4.69) is 0 Å². The molecule has 0 aromatic heterocycles. The Bertz CT molecular complexity index is 163. The molecule has 2 N–H and O–H groups in total. The van der Waals surface area contributed by atoms with E-state index in [9.17, 15) is 0 Å². The minimum atomic E-state index is 0.294. The van der Waals surface area contributed by atoms with E-state index >= 15 is 0 Å². The maximum absolute atomic E-state index is 6.15. The van der Waals surface area contributed by atoms with Crippen LogP contribution < -0.4 is 5.73 Å². The van der Waals surface area contributed by atoms with Gasteiger partial charge in [0.2, 0.25) is 0 Å². The summed E-state index contributed by atoms with van der Waals surface area (Å²) in [6.07, 6.45) is 8.41. The summed E-state index contributed by atoms with van der Waals surface area (Å²) in [5.41, 5.74) is 6.15. The summed E-state index contributed by atoms with van der Waals surface area (Å²) in [6, 6.07) is 0.294. The highest BCUT2D eigenvalue weighted by atomic mass is 16.5. The van der Waals surface area contributed by atoms with E-state index in [1.807, 2.05) is 7.11 Å². The van der Waals surface area contributed by atoms with Gasteiger partial charge in [0.05, 0.1) is 6.10 Å². The second-order valence-corrected chi connectivity index (χ2v) is 4.73. The SMILES string of the molecule is COC(C(N)CC1CCC1)C1CC1. The van der Waals surface area contributed by atoms with Gasteiger partial charge in [-0.25, -0.2) is 0 Å². The normalized spacial score (nSPS) is 28.2. The molecule has 0 aliphatic heterocycles. The fraction of sp³-hybridized carbons (Fsp3) is 1.00. The van der Waals surface area contributed by atoms with E-state index in [4.69, 9.17) is 10.5 Å². The van der Waals surface area contributed by atoms with Crippen molar-refractivity contribution in [3.05, 3.63) is 0 Å². The van der Waals surface area contributed by atoms with Crippen molar-refractivity contribution in [3.63, 3.8) is 0 Å². The molecule has 0 heterocycles. The van der Waals surface area contributed by atoms with Crippen LogP contribution in [0.4, 0.5) is 0 Å². The molecule has 0 bridgehead atoms. The Kier molecular flexibility index (Phi) is 2.89. The molecule has 2 atom stereocenters. The number of hydrogen-bond acceptors (Lipinski definition) is 2. The Morgan fingerprint density at radius 3 is 2.38 bits per heavy atom. The van der Waals surface area contributed by atoms with Gasteiger partial charge in [-0.05, 0) is 31.1 Å². The lowest BCUT2D eigenvalue weighted by Gasteiger charge is -2.31. The van der Waals surface area contributed by atoms with Gasteiger partial charge in [-0.15, -0.1) is 0 Å². The number of rotatable bonds is 5. The second kappa shape index (κ2) is 3.97. The van der Waals surface area contributed by atoms with Crippen molar-refractivity contribution in [1.82, 2.24) is 0 Å². The van der Waals surface area contributed by atoms with E-state index in [0.29, 0.717) is 12.1 Å². The van der Waals surface area contributed by atoms with Crippen molar-refractivity contribution in [3.8, 4) is 0 Å². The van der Waals surface area contributed by atoms with Gasteiger partial charge in [0.15, 0.2) is 0 Å². The Labute approximate surface area is 80.8 Å². The summed E-state index contributed by atoms with van der Waals surface area (Å²) >= 11 is 0. The smallest absolute Gasteiger partial charge is 0.0750 e. The fourth-order valence-corrected chi connectivity index (χ4v) is 2.39. The average Bonchev–Trinajstić information content (AvgIpc) is 2.82. The lowest BCUT2D eigenvalue weighted by molar-refractivity contribution is 0.0505. The first-order valence-electron chi connectivity index (χ1n) is 5.59. The minimum Gasteiger partial charge on any atom is -0.380 e. The zero-order valence-corrected chi connectivity index (χ0v) is 8.54. The molecule has 2 rings (SSSR count). The van der Waals surface area contributed by atoms with Gasteiger partial charge in [-0.3, -0.25) is 0 Å². The Hall–Kier alpha value is -0.0800. The molecular formula is C11H21NO. The molecule has 13 heavy (non-hydrogen) atoms. The molecule has 0 spiro atoms. The van der Waals surface area contributed by atoms with Crippen LogP contribution >= 0.6 is 0 Å². The van der Waals surface area contributed by atoms with Crippen LogP contribution in [0.25, 0.3) is 0 Å². The Morgan fingerprint density at radius 2 is 2.00 bits per heavy atom. The summed E-state index contributed by atoms with van der Waals surface area (Å²) in [5, 5.41) is 0.